The monoisotopic (exact) mass is 424 g/mol. The zero-order valence-electron chi connectivity index (χ0n) is 16.2. The third-order valence-electron chi connectivity index (χ3n) is 4.57. The van der Waals surface area contributed by atoms with E-state index >= 15 is 0 Å². The van der Waals surface area contributed by atoms with Gasteiger partial charge in [-0.1, -0.05) is 24.3 Å². The Morgan fingerprint density at radius 3 is 2.37 bits per heavy atom. The van der Waals surface area contributed by atoms with Gasteiger partial charge in [0.2, 0.25) is 0 Å². The van der Waals surface area contributed by atoms with Gasteiger partial charge in [0.05, 0.1) is 4.90 Å². The van der Waals surface area contributed by atoms with Gasteiger partial charge in [0, 0.05) is 23.0 Å². The van der Waals surface area contributed by atoms with Crippen LogP contribution in [0.2, 0.25) is 0 Å². The highest BCUT2D eigenvalue weighted by atomic mass is 32.2. The number of para-hydroxylation sites is 1. The fourth-order valence-electron chi connectivity index (χ4n) is 3.07. The van der Waals surface area contributed by atoms with E-state index in [0.717, 1.165) is 0 Å². The molecule has 0 unspecified atom stereocenters. The van der Waals surface area contributed by atoms with E-state index in [1.165, 1.54) is 6.07 Å². The first kappa shape index (κ1) is 19.8. The Balaban J connectivity index is 1.57. The second-order valence-electron chi connectivity index (χ2n) is 6.76. The van der Waals surface area contributed by atoms with Crippen molar-refractivity contribution in [2.45, 2.75) is 11.8 Å². The maximum Gasteiger partial charge on any atom is 0.262 e. The van der Waals surface area contributed by atoms with Crippen molar-refractivity contribution >= 4 is 27.3 Å². The average Bonchev–Trinajstić information content (AvgIpc) is 2.74. The van der Waals surface area contributed by atoms with Gasteiger partial charge in [0.25, 0.3) is 15.9 Å². The molecule has 1 heterocycles. The van der Waals surface area contributed by atoms with Crippen LogP contribution in [0.25, 0.3) is 0 Å². The van der Waals surface area contributed by atoms with Crippen LogP contribution < -0.4 is 19.5 Å². The Bertz CT molecular complexity index is 1190. The van der Waals surface area contributed by atoms with Gasteiger partial charge in [0.15, 0.2) is 11.5 Å². The van der Waals surface area contributed by atoms with Crippen LogP contribution in [0.3, 0.4) is 0 Å². The average molecular weight is 424 g/mol. The Kier molecular flexibility index (Phi) is 5.33. The van der Waals surface area contributed by atoms with Crippen molar-refractivity contribution in [2.24, 2.45) is 0 Å². The van der Waals surface area contributed by atoms with Crippen LogP contribution in [0.1, 0.15) is 15.9 Å². The Morgan fingerprint density at radius 1 is 0.867 bits per heavy atom. The molecule has 0 saturated carbocycles. The number of benzene rings is 3. The molecule has 154 valence electrons. The summed E-state index contributed by atoms with van der Waals surface area (Å²) in [6, 6.07) is 18.3. The number of hydrogen-bond donors (Lipinski definition) is 2. The predicted octanol–water partition coefficient (Wildman–Crippen LogP) is 3.82. The second-order valence-corrected chi connectivity index (χ2v) is 8.42. The molecule has 1 aliphatic heterocycles. The molecular weight excluding hydrogens is 404 g/mol. The summed E-state index contributed by atoms with van der Waals surface area (Å²) in [4.78, 5) is 12.8. The number of carbonyl (C=O) groups is 1. The molecule has 30 heavy (non-hydrogen) atoms. The molecule has 1 aliphatic rings. The van der Waals surface area contributed by atoms with Crippen molar-refractivity contribution in [3.05, 3.63) is 77.9 Å². The summed E-state index contributed by atoms with van der Waals surface area (Å²) in [5.41, 5.74) is 1.73. The van der Waals surface area contributed by atoms with Gasteiger partial charge in [-0.2, -0.15) is 0 Å². The number of sulfonamides is 1. The summed E-state index contributed by atoms with van der Waals surface area (Å²) < 4.78 is 39.2. The topological polar surface area (TPSA) is 93.7 Å². The fourth-order valence-corrected chi connectivity index (χ4v) is 4.40. The van der Waals surface area contributed by atoms with Gasteiger partial charge in [-0.3, -0.25) is 9.52 Å². The molecule has 0 fully saturated rings. The molecule has 3 aromatic carbocycles. The Hall–Kier alpha value is -3.52. The summed E-state index contributed by atoms with van der Waals surface area (Å²) in [7, 11) is -3.85. The first-order valence-corrected chi connectivity index (χ1v) is 10.8. The molecule has 1 amide bonds. The van der Waals surface area contributed by atoms with E-state index in [-0.39, 0.29) is 10.5 Å². The number of ether oxygens (including phenoxy) is 2. The molecule has 2 N–H and O–H groups in total. The van der Waals surface area contributed by atoms with Crippen LogP contribution in [-0.4, -0.2) is 27.5 Å². The SMILES string of the molecule is Cc1ccc(C(=O)Nc2ccc3c(c2)OCCO3)cc1S(=O)(=O)Nc1ccccc1. The first-order valence-electron chi connectivity index (χ1n) is 9.32. The molecule has 0 aromatic heterocycles. The number of aryl methyl sites for hydroxylation is 1. The summed E-state index contributed by atoms with van der Waals surface area (Å²) in [5.74, 6) is 0.746. The quantitative estimate of drug-likeness (QED) is 0.649. The lowest BCUT2D eigenvalue weighted by atomic mass is 10.1. The van der Waals surface area contributed by atoms with E-state index in [4.69, 9.17) is 9.47 Å². The predicted molar refractivity (Wildman–Crippen MR) is 114 cm³/mol. The highest BCUT2D eigenvalue weighted by Gasteiger charge is 2.20. The Labute approximate surface area is 174 Å². The zero-order chi connectivity index (χ0) is 21.1. The minimum Gasteiger partial charge on any atom is -0.486 e. The van der Waals surface area contributed by atoms with Crippen LogP contribution in [0.5, 0.6) is 11.5 Å². The lowest BCUT2D eigenvalue weighted by molar-refractivity contribution is 0.102. The summed E-state index contributed by atoms with van der Waals surface area (Å²) in [6.45, 7) is 2.61. The molecular formula is C22H20N2O5S. The highest BCUT2D eigenvalue weighted by molar-refractivity contribution is 7.92. The number of rotatable bonds is 5. The molecule has 0 radical (unpaired) electrons. The number of carbonyl (C=O) groups excluding carboxylic acids is 1. The van der Waals surface area contributed by atoms with Gasteiger partial charge in [-0.15, -0.1) is 0 Å². The highest BCUT2D eigenvalue weighted by Crippen LogP contribution is 2.32. The maximum atomic E-state index is 12.8. The lowest BCUT2D eigenvalue weighted by Crippen LogP contribution is -2.18. The van der Waals surface area contributed by atoms with Gasteiger partial charge >= 0.3 is 0 Å². The summed E-state index contributed by atoms with van der Waals surface area (Å²) in [5, 5.41) is 2.77. The molecule has 8 heteroatoms. The number of anilines is 2. The molecule has 0 bridgehead atoms. The number of fused-ring (bicyclic) bond motifs is 1. The minimum absolute atomic E-state index is 0.0428. The normalized spacial score (nSPS) is 12.8. The molecule has 0 spiro atoms. The smallest absolute Gasteiger partial charge is 0.262 e. The van der Waals surface area contributed by atoms with Crippen LogP contribution in [-0.2, 0) is 10.0 Å². The third-order valence-corrected chi connectivity index (χ3v) is 6.09. The van der Waals surface area contributed by atoms with Crippen molar-refractivity contribution in [3.63, 3.8) is 0 Å². The molecule has 7 nitrogen and oxygen atoms in total. The molecule has 0 saturated heterocycles. The first-order chi connectivity index (χ1) is 14.4. The molecule has 0 aliphatic carbocycles. The van der Waals surface area contributed by atoms with Crippen LogP contribution >= 0.6 is 0 Å². The van der Waals surface area contributed by atoms with Crippen molar-refractivity contribution in [3.8, 4) is 11.5 Å². The molecule has 3 aromatic rings. The van der Waals surface area contributed by atoms with E-state index in [2.05, 4.69) is 10.0 Å². The summed E-state index contributed by atoms with van der Waals surface area (Å²) in [6.07, 6.45) is 0. The molecule has 0 atom stereocenters. The Morgan fingerprint density at radius 2 is 1.60 bits per heavy atom. The van der Waals surface area contributed by atoms with E-state index in [9.17, 15) is 13.2 Å². The lowest BCUT2D eigenvalue weighted by Gasteiger charge is -2.19. The third kappa shape index (κ3) is 4.23. The van der Waals surface area contributed by atoms with Crippen LogP contribution in [0, 0.1) is 6.92 Å². The van der Waals surface area contributed by atoms with Gasteiger partial charge in [-0.25, -0.2) is 8.42 Å². The van der Waals surface area contributed by atoms with Crippen LogP contribution in [0.4, 0.5) is 11.4 Å². The van der Waals surface area contributed by atoms with Gasteiger partial charge in [-0.05, 0) is 48.9 Å². The van der Waals surface area contributed by atoms with E-state index in [1.54, 1.807) is 67.6 Å². The fraction of sp³-hybridized carbons (Fsp3) is 0.136. The maximum absolute atomic E-state index is 12.8. The van der Waals surface area contributed by atoms with Crippen molar-refractivity contribution in [2.75, 3.05) is 23.3 Å². The van der Waals surface area contributed by atoms with Crippen molar-refractivity contribution in [1.29, 1.82) is 0 Å². The van der Waals surface area contributed by atoms with E-state index < -0.39 is 15.9 Å². The van der Waals surface area contributed by atoms with Crippen LogP contribution in [0.15, 0.2) is 71.6 Å². The number of nitrogens with one attached hydrogen (secondary N) is 2. The molecule has 4 rings (SSSR count). The van der Waals surface area contributed by atoms with Crippen molar-refractivity contribution < 1.29 is 22.7 Å². The largest absolute Gasteiger partial charge is 0.486 e. The second kappa shape index (κ2) is 8.08. The van der Waals surface area contributed by atoms with E-state index in [0.29, 0.717) is 41.7 Å². The standard InChI is InChI=1S/C22H20N2O5S/c1-15-7-8-16(13-21(15)30(26,27)24-17-5-3-2-4-6-17)22(25)23-18-9-10-19-20(14-18)29-12-11-28-19/h2-10,13-14,24H,11-12H2,1H3,(H,23,25). The summed E-state index contributed by atoms with van der Waals surface area (Å²) >= 11 is 0. The van der Waals surface area contributed by atoms with E-state index in [1.807, 2.05) is 0 Å². The van der Waals surface area contributed by atoms with Gasteiger partial charge < -0.3 is 14.8 Å². The number of amides is 1. The zero-order valence-corrected chi connectivity index (χ0v) is 17.0. The number of hydrogen-bond acceptors (Lipinski definition) is 5. The van der Waals surface area contributed by atoms with Gasteiger partial charge in [0.1, 0.15) is 13.2 Å². The minimum atomic E-state index is -3.85. The van der Waals surface area contributed by atoms with Crippen molar-refractivity contribution in [1.82, 2.24) is 0 Å².